The molecule has 1 fully saturated rings. The number of rotatable bonds is 4. The second kappa shape index (κ2) is 7.35. The molecular weight excluding hydrogens is 316 g/mol. The number of pyridine rings is 1. The van der Waals surface area contributed by atoms with Crippen LogP contribution in [0.3, 0.4) is 0 Å². The van der Waals surface area contributed by atoms with E-state index in [1.54, 1.807) is 12.1 Å². The minimum atomic E-state index is -0.930. The largest absolute Gasteiger partial charge is 0.381 e. The van der Waals surface area contributed by atoms with E-state index < -0.39 is 11.6 Å². The third-order valence-electron chi connectivity index (χ3n) is 3.82. The first kappa shape index (κ1) is 16.3. The smallest absolute Gasteiger partial charge is 0.227 e. The van der Waals surface area contributed by atoms with Gasteiger partial charge in [0.25, 0.3) is 0 Å². The van der Waals surface area contributed by atoms with Crippen molar-refractivity contribution in [1.82, 2.24) is 4.98 Å². The van der Waals surface area contributed by atoms with Crippen molar-refractivity contribution in [3.05, 3.63) is 48.2 Å². The monoisotopic (exact) mass is 333 g/mol. The maximum atomic E-state index is 13.2. The van der Waals surface area contributed by atoms with Gasteiger partial charge in [0.1, 0.15) is 5.82 Å². The lowest BCUT2D eigenvalue weighted by Gasteiger charge is -2.21. The lowest BCUT2D eigenvalue weighted by atomic mass is 9.99. The van der Waals surface area contributed by atoms with Crippen LogP contribution in [0.25, 0.3) is 0 Å². The van der Waals surface area contributed by atoms with Crippen LogP contribution < -0.4 is 10.6 Å². The zero-order valence-electron chi connectivity index (χ0n) is 12.9. The first-order valence-electron chi connectivity index (χ1n) is 7.68. The van der Waals surface area contributed by atoms with Crippen molar-refractivity contribution in [3.63, 3.8) is 0 Å². The molecule has 2 N–H and O–H groups in total. The van der Waals surface area contributed by atoms with Crippen LogP contribution in [0, 0.1) is 17.6 Å². The van der Waals surface area contributed by atoms with Crippen LogP contribution in [0.5, 0.6) is 0 Å². The Morgan fingerprint density at radius 3 is 2.50 bits per heavy atom. The summed E-state index contributed by atoms with van der Waals surface area (Å²) >= 11 is 0. The molecule has 0 aliphatic carbocycles. The average Bonchev–Trinajstić information content (AvgIpc) is 2.61. The van der Waals surface area contributed by atoms with Crippen molar-refractivity contribution in [3.8, 4) is 0 Å². The molecule has 2 aromatic rings. The summed E-state index contributed by atoms with van der Waals surface area (Å²) in [5, 5.41) is 5.69. The molecule has 1 aromatic carbocycles. The number of carbonyl (C=O) groups is 1. The third kappa shape index (κ3) is 4.05. The Balaban J connectivity index is 1.60. The quantitative estimate of drug-likeness (QED) is 0.899. The van der Waals surface area contributed by atoms with Crippen LogP contribution in [0.15, 0.2) is 36.5 Å². The summed E-state index contributed by atoms with van der Waals surface area (Å²) in [4.78, 5) is 16.3. The summed E-state index contributed by atoms with van der Waals surface area (Å²) in [6, 6.07) is 6.87. The Morgan fingerprint density at radius 1 is 1.08 bits per heavy atom. The summed E-state index contributed by atoms with van der Waals surface area (Å²) in [7, 11) is 0. The van der Waals surface area contributed by atoms with Crippen LogP contribution in [0.4, 0.5) is 26.0 Å². The van der Waals surface area contributed by atoms with Gasteiger partial charge in [0.15, 0.2) is 11.6 Å². The predicted octanol–water partition coefficient (Wildman–Crippen LogP) is 3.47. The van der Waals surface area contributed by atoms with Crippen molar-refractivity contribution in [2.24, 2.45) is 5.92 Å². The van der Waals surface area contributed by atoms with Gasteiger partial charge < -0.3 is 15.4 Å². The molecule has 0 radical (unpaired) electrons. The molecule has 0 spiro atoms. The van der Waals surface area contributed by atoms with Crippen molar-refractivity contribution in [1.29, 1.82) is 0 Å². The molecule has 0 unspecified atom stereocenters. The zero-order valence-corrected chi connectivity index (χ0v) is 12.9. The number of aromatic nitrogens is 1. The van der Waals surface area contributed by atoms with Gasteiger partial charge in [0.2, 0.25) is 5.91 Å². The third-order valence-corrected chi connectivity index (χ3v) is 3.82. The molecule has 0 saturated carbocycles. The molecule has 2 heterocycles. The van der Waals surface area contributed by atoms with Crippen molar-refractivity contribution < 1.29 is 18.3 Å². The SMILES string of the molecule is O=C(Nc1ccc(Nc2ccc(F)c(F)c2)nc1)C1CCOCC1. The average molecular weight is 333 g/mol. The highest BCUT2D eigenvalue weighted by Crippen LogP contribution is 2.20. The first-order chi connectivity index (χ1) is 11.6. The number of nitrogens with one attached hydrogen (secondary N) is 2. The number of benzene rings is 1. The van der Waals surface area contributed by atoms with Crippen LogP contribution >= 0.6 is 0 Å². The fraction of sp³-hybridized carbons (Fsp3) is 0.294. The molecule has 1 aromatic heterocycles. The van der Waals surface area contributed by atoms with Crippen molar-refractivity contribution >= 4 is 23.1 Å². The van der Waals surface area contributed by atoms with Gasteiger partial charge in [-0.2, -0.15) is 0 Å². The number of anilines is 3. The lowest BCUT2D eigenvalue weighted by molar-refractivity contribution is -0.122. The number of carbonyl (C=O) groups excluding carboxylic acids is 1. The molecule has 1 aliphatic rings. The topological polar surface area (TPSA) is 63.2 Å². The van der Waals surface area contributed by atoms with Gasteiger partial charge in [0.05, 0.1) is 11.9 Å². The summed E-state index contributed by atoms with van der Waals surface area (Å²) < 4.78 is 31.3. The van der Waals surface area contributed by atoms with E-state index in [1.807, 2.05) is 0 Å². The van der Waals surface area contributed by atoms with Gasteiger partial charge in [-0.05, 0) is 37.1 Å². The Bertz CT molecular complexity index is 716. The van der Waals surface area contributed by atoms with Gasteiger partial charge in [-0.1, -0.05) is 0 Å². The molecule has 0 bridgehead atoms. The van der Waals surface area contributed by atoms with E-state index in [4.69, 9.17) is 4.74 Å². The number of halogens is 2. The van der Waals surface area contributed by atoms with E-state index in [2.05, 4.69) is 15.6 Å². The molecule has 1 amide bonds. The number of amides is 1. The molecule has 5 nitrogen and oxygen atoms in total. The summed E-state index contributed by atoms with van der Waals surface area (Å²) in [5.41, 5.74) is 0.975. The molecule has 3 rings (SSSR count). The zero-order chi connectivity index (χ0) is 16.9. The van der Waals surface area contributed by atoms with E-state index in [0.29, 0.717) is 30.4 Å². The van der Waals surface area contributed by atoms with Crippen LogP contribution in [0.1, 0.15) is 12.8 Å². The minimum absolute atomic E-state index is 0.0404. The predicted molar refractivity (Wildman–Crippen MR) is 86.1 cm³/mol. The van der Waals surface area contributed by atoms with Crippen molar-refractivity contribution in [2.75, 3.05) is 23.8 Å². The second-order valence-corrected chi connectivity index (χ2v) is 5.56. The van der Waals surface area contributed by atoms with E-state index in [1.165, 1.54) is 12.3 Å². The van der Waals surface area contributed by atoms with E-state index in [-0.39, 0.29) is 11.8 Å². The minimum Gasteiger partial charge on any atom is -0.381 e. The summed E-state index contributed by atoms with van der Waals surface area (Å²) in [5.74, 6) is -1.45. The van der Waals surface area contributed by atoms with Gasteiger partial charge in [0, 0.05) is 30.9 Å². The van der Waals surface area contributed by atoms with Crippen LogP contribution in [-0.2, 0) is 9.53 Å². The number of nitrogens with zero attached hydrogens (tertiary/aromatic N) is 1. The molecule has 7 heteroatoms. The van der Waals surface area contributed by atoms with Gasteiger partial charge in [-0.25, -0.2) is 13.8 Å². The fourth-order valence-corrected chi connectivity index (χ4v) is 2.47. The Hall–Kier alpha value is -2.54. The molecule has 0 atom stereocenters. The summed E-state index contributed by atoms with van der Waals surface area (Å²) in [6.45, 7) is 1.21. The van der Waals surface area contributed by atoms with Crippen molar-refractivity contribution in [2.45, 2.75) is 12.8 Å². The number of hydrogen-bond donors (Lipinski definition) is 2. The lowest BCUT2D eigenvalue weighted by Crippen LogP contribution is -2.28. The van der Waals surface area contributed by atoms with E-state index in [0.717, 1.165) is 25.0 Å². The van der Waals surface area contributed by atoms with Crippen LogP contribution in [-0.4, -0.2) is 24.1 Å². The highest BCUT2D eigenvalue weighted by atomic mass is 19.2. The van der Waals surface area contributed by atoms with Gasteiger partial charge in [-0.15, -0.1) is 0 Å². The van der Waals surface area contributed by atoms with Gasteiger partial charge in [-0.3, -0.25) is 4.79 Å². The molecular formula is C17H17F2N3O2. The molecule has 1 saturated heterocycles. The van der Waals surface area contributed by atoms with Crippen LogP contribution in [0.2, 0.25) is 0 Å². The standard InChI is InChI=1S/C17H17F2N3O2/c18-14-3-1-12(9-15(14)19)21-16-4-2-13(10-20-16)22-17(23)11-5-7-24-8-6-11/h1-4,9-11H,5-8H2,(H,20,21)(H,22,23). The second-order valence-electron chi connectivity index (χ2n) is 5.56. The molecule has 126 valence electrons. The van der Waals surface area contributed by atoms with Gasteiger partial charge >= 0.3 is 0 Å². The Morgan fingerprint density at radius 2 is 1.83 bits per heavy atom. The number of ether oxygens (including phenoxy) is 1. The summed E-state index contributed by atoms with van der Waals surface area (Å²) in [6.07, 6.45) is 2.95. The maximum Gasteiger partial charge on any atom is 0.227 e. The maximum absolute atomic E-state index is 13.2. The normalized spacial score (nSPS) is 15.1. The highest BCUT2D eigenvalue weighted by molar-refractivity contribution is 5.92. The fourth-order valence-electron chi connectivity index (χ4n) is 2.47. The Labute approximate surface area is 138 Å². The molecule has 24 heavy (non-hydrogen) atoms. The molecule has 1 aliphatic heterocycles. The number of hydrogen-bond acceptors (Lipinski definition) is 4. The van der Waals surface area contributed by atoms with E-state index >= 15 is 0 Å². The highest BCUT2D eigenvalue weighted by Gasteiger charge is 2.21. The van der Waals surface area contributed by atoms with E-state index in [9.17, 15) is 13.6 Å². The Kier molecular flexibility index (Phi) is 5.00. The first-order valence-corrected chi connectivity index (χ1v) is 7.68.